The maximum atomic E-state index is 12.9. The Labute approximate surface area is 167 Å². The van der Waals surface area contributed by atoms with E-state index in [4.69, 9.17) is 0 Å². The van der Waals surface area contributed by atoms with Gasteiger partial charge in [0.05, 0.1) is 0 Å². The number of piperidine rings is 1. The van der Waals surface area contributed by atoms with Gasteiger partial charge in [0.25, 0.3) is 10.0 Å². The molecule has 1 amide bonds. The van der Waals surface area contributed by atoms with E-state index in [1.54, 1.807) is 35.0 Å². The Hall–Kier alpha value is -1.49. The first-order valence-corrected chi connectivity index (χ1v) is 12.2. The number of hydrogen-bond acceptors (Lipinski definition) is 7. The van der Waals surface area contributed by atoms with E-state index in [1.165, 1.54) is 15.6 Å². The number of piperazine rings is 1. The molecule has 0 bridgehead atoms. The molecule has 0 unspecified atom stereocenters. The van der Waals surface area contributed by atoms with E-state index in [0.29, 0.717) is 43.2 Å². The molecule has 2 saturated heterocycles. The minimum Gasteiger partial charge on any atom is -0.345 e. The molecule has 2 aromatic heterocycles. The summed E-state index contributed by atoms with van der Waals surface area (Å²) in [5.41, 5.74) is 0. The zero-order valence-electron chi connectivity index (χ0n) is 14.9. The summed E-state index contributed by atoms with van der Waals surface area (Å²) in [6.07, 6.45) is 2.99. The quantitative estimate of drug-likeness (QED) is 0.747. The molecule has 10 heteroatoms. The summed E-state index contributed by atoms with van der Waals surface area (Å²) < 4.78 is 27.1. The SMILES string of the molecule is O=C(C1CCN(S(=O)(=O)c2cccs2)CC1)N1CCN(c2nccs2)CC1. The highest BCUT2D eigenvalue weighted by Crippen LogP contribution is 2.28. The van der Waals surface area contributed by atoms with Crippen LogP contribution in [-0.2, 0) is 14.8 Å². The molecule has 0 atom stereocenters. The number of carbonyl (C=O) groups excluding carboxylic acids is 1. The number of aromatic nitrogens is 1. The predicted octanol–water partition coefficient (Wildman–Crippen LogP) is 1.95. The lowest BCUT2D eigenvalue weighted by molar-refractivity contribution is -0.137. The van der Waals surface area contributed by atoms with E-state index in [0.717, 1.165) is 18.2 Å². The van der Waals surface area contributed by atoms with Crippen LogP contribution in [-0.4, -0.2) is 67.8 Å². The van der Waals surface area contributed by atoms with Gasteiger partial charge in [0.2, 0.25) is 5.91 Å². The van der Waals surface area contributed by atoms with E-state index < -0.39 is 10.0 Å². The fourth-order valence-corrected chi connectivity index (χ4v) is 6.94. The molecule has 27 heavy (non-hydrogen) atoms. The molecule has 0 spiro atoms. The second-order valence-corrected chi connectivity index (χ2v) is 10.7. The van der Waals surface area contributed by atoms with Crippen molar-refractivity contribution in [2.24, 2.45) is 5.92 Å². The van der Waals surface area contributed by atoms with Crippen LogP contribution in [0.4, 0.5) is 5.13 Å². The molecule has 2 aliphatic rings. The Balaban J connectivity index is 1.30. The first-order valence-electron chi connectivity index (χ1n) is 9.02. The fourth-order valence-electron chi connectivity index (χ4n) is 3.63. The minimum atomic E-state index is -3.41. The Morgan fingerprint density at radius 2 is 1.78 bits per heavy atom. The highest BCUT2D eigenvalue weighted by Gasteiger charge is 2.35. The molecule has 2 fully saturated rings. The molecule has 146 valence electrons. The number of carbonyl (C=O) groups is 1. The number of sulfonamides is 1. The highest BCUT2D eigenvalue weighted by atomic mass is 32.2. The molecule has 0 saturated carbocycles. The lowest BCUT2D eigenvalue weighted by atomic mass is 9.96. The van der Waals surface area contributed by atoms with Crippen molar-refractivity contribution < 1.29 is 13.2 Å². The molecule has 0 aliphatic carbocycles. The maximum absolute atomic E-state index is 12.9. The fraction of sp³-hybridized carbons (Fsp3) is 0.529. The monoisotopic (exact) mass is 426 g/mol. The lowest BCUT2D eigenvalue weighted by Crippen LogP contribution is -2.52. The number of hydrogen-bond donors (Lipinski definition) is 0. The minimum absolute atomic E-state index is 0.0776. The van der Waals surface area contributed by atoms with Crippen molar-refractivity contribution in [1.29, 1.82) is 0 Å². The van der Waals surface area contributed by atoms with Crippen molar-refractivity contribution in [3.05, 3.63) is 29.1 Å². The number of thiazole rings is 1. The summed E-state index contributed by atoms with van der Waals surface area (Å²) in [7, 11) is -3.41. The van der Waals surface area contributed by atoms with Gasteiger partial charge in [-0.3, -0.25) is 4.79 Å². The van der Waals surface area contributed by atoms with Crippen LogP contribution in [0.2, 0.25) is 0 Å². The van der Waals surface area contributed by atoms with E-state index in [1.807, 2.05) is 10.3 Å². The number of amides is 1. The van der Waals surface area contributed by atoms with Crippen LogP contribution >= 0.6 is 22.7 Å². The lowest BCUT2D eigenvalue weighted by Gasteiger charge is -2.38. The van der Waals surface area contributed by atoms with Crippen LogP contribution in [0.5, 0.6) is 0 Å². The standard InChI is InChI=1S/C17H22N4O3S3/c22-16(19-8-10-20(11-9-19)17-18-5-13-26-17)14-3-6-21(7-4-14)27(23,24)15-2-1-12-25-15/h1-2,5,12-14H,3-4,6-11H2. The van der Waals surface area contributed by atoms with Crippen molar-refractivity contribution in [1.82, 2.24) is 14.2 Å². The van der Waals surface area contributed by atoms with Gasteiger partial charge in [0, 0.05) is 56.8 Å². The number of nitrogens with zero attached hydrogens (tertiary/aromatic N) is 4. The third-order valence-corrected chi connectivity index (χ3v) is 9.28. The van der Waals surface area contributed by atoms with Crippen LogP contribution in [0.15, 0.2) is 33.3 Å². The highest BCUT2D eigenvalue weighted by molar-refractivity contribution is 7.91. The summed E-state index contributed by atoms with van der Waals surface area (Å²) in [4.78, 5) is 21.3. The number of rotatable bonds is 4. The van der Waals surface area contributed by atoms with Gasteiger partial charge in [-0.15, -0.1) is 22.7 Å². The zero-order chi connectivity index (χ0) is 18.9. The Morgan fingerprint density at radius 3 is 2.37 bits per heavy atom. The smallest absolute Gasteiger partial charge is 0.252 e. The zero-order valence-corrected chi connectivity index (χ0v) is 17.3. The van der Waals surface area contributed by atoms with Gasteiger partial charge < -0.3 is 9.80 Å². The summed E-state index contributed by atoms with van der Waals surface area (Å²) in [5, 5.41) is 4.74. The molecule has 7 nitrogen and oxygen atoms in total. The van der Waals surface area contributed by atoms with Gasteiger partial charge in [-0.2, -0.15) is 4.31 Å². The van der Waals surface area contributed by atoms with Crippen molar-refractivity contribution >= 4 is 43.7 Å². The van der Waals surface area contributed by atoms with Gasteiger partial charge in [-0.1, -0.05) is 6.07 Å². The van der Waals surface area contributed by atoms with E-state index in [-0.39, 0.29) is 11.8 Å². The Bertz CT molecular complexity index is 851. The third kappa shape index (κ3) is 3.89. The van der Waals surface area contributed by atoms with Crippen LogP contribution in [0.3, 0.4) is 0 Å². The first-order chi connectivity index (χ1) is 13.1. The average molecular weight is 427 g/mol. The molecule has 0 aromatic carbocycles. The van der Waals surface area contributed by atoms with Gasteiger partial charge in [-0.25, -0.2) is 13.4 Å². The predicted molar refractivity (Wildman–Crippen MR) is 107 cm³/mol. The summed E-state index contributed by atoms with van der Waals surface area (Å²) >= 11 is 2.86. The van der Waals surface area contributed by atoms with Crippen LogP contribution < -0.4 is 4.90 Å². The van der Waals surface area contributed by atoms with Crippen molar-refractivity contribution in [3.8, 4) is 0 Å². The van der Waals surface area contributed by atoms with Gasteiger partial charge in [0.1, 0.15) is 4.21 Å². The van der Waals surface area contributed by atoms with Crippen molar-refractivity contribution in [2.45, 2.75) is 17.1 Å². The van der Waals surface area contributed by atoms with Crippen LogP contribution in [0, 0.1) is 5.92 Å². The summed E-state index contributed by atoms with van der Waals surface area (Å²) in [6, 6.07) is 3.39. The first kappa shape index (κ1) is 18.9. The van der Waals surface area contributed by atoms with Gasteiger partial charge in [0.15, 0.2) is 5.13 Å². The summed E-state index contributed by atoms with van der Waals surface area (Å²) in [6.45, 7) is 3.82. The molecular formula is C17H22N4O3S3. The third-order valence-electron chi connectivity index (χ3n) is 5.17. The largest absolute Gasteiger partial charge is 0.345 e. The molecular weight excluding hydrogens is 404 g/mol. The van der Waals surface area contributed by atoms with E-state index in [9.17, 15) is 13.2 Å². The van der Waals surface area contributed by atoms with Gasteiger partial charge >= 0.3 is 0 Å². The maximum Gasteiger partial charge on any atom is 0.252 e. The molecule has 4 heterocycles. The molecule has 2 aromatic rings. The van der Waals surface area contributed by atoms with Crippen LogP contribution in [0.25, 0.3) is 0 Å². The topological polar surface area (TPSA) is 73.8 Å². The Kier molecular flexibility index (Phi) is 5.49. The molecule has 2 aliphatic heterocycles. The second kappa shape index (κ2) is 7.86. The van der Waals surface area contributed by atoms with E-state index >= 15 is 0 Å². The molecule has 0 radical (unpaired) electrons. The van der Waals surface area contributed by atoms with Crippen molar-refractivity contribution in [3.63, 3.8) is 0 Å². The molecule has 4 rings (SSSR count). The molecule has 0 N–H and O–H groups in total. The van der Waals surface area contributed by atoms with E-state index in [2.05, 4.69) is 9.88 Å². The summed E-state index contributed by atoms with van der Waals surface area (Å²) in [5.74, 6) is 0.0909. The average Bonchev–Trinajstić information content (AvgIpc) is 3.42. The normalized spacial score (nSPS) is 20.1. The van der Waals surface area contributed by atoms with Crippen molar-refractivity contribution in [2.75, 3.05) is 44.2 Å². The Morgan fingerprint density at radius 1 is 1.04 bits per heavy atom. The van der Waals surface area contributed by atoms with Gasteiger partial charge in [-0.05, 0) is 24.3 Å². The number of anilines is 1. The van der Waals surface area contributed by atoms with Crippen LogP contribution in [0.1, 0.15) is 12.8 Å². The number of thiophene rings is 1. The second-order valence-electron chi connectivity index (χ2n) is 6.74.